The molecule has 0 aliphatic heterocycles. The first-order valence-corrected chi connectivity index (χ1v) is 8.40. The molecule has 0 spiro atoms. The van der Waals surface area contributed by atoms with Crippen LogP contribution in [0.3, 0.4) is 0 Å². The first kappa shape index (κ1) is 18.4. The van der Waals surface area contributed by atoms with E-state index in [0.29, 0.717) is 28.3 Å². The highest BCUT2D eigenvalue weighted by Crippen LogP contribution is 2.22. The second-order valence-corrected chi connectivity index (χ2v) is 6.66. The number of amides is 1. The van der Waals surface area contributed by atoms with E-state index in [1.165, 1.54) is 0 Å². The Bertz CT molecular complexity index is 668. The van der Waals surface area contributed by atoms with E-state index in [1.54, 1.807) is 18.2 Å². The highest BCUT2D eigenvalue weighted by Gasteiger charge is 2.05. The largest absolute Gasteiger partial charge is 0.493 e. The van der Waals surface area contributed by atoms with E-state index in [1.807, 2.05) is 24.3 Å². The molecule has 0 bridgehead atoms. The molecular formula is C18H20Cl2N2O2. The second-order valence-electron chi connectivity index (χ2n) is 5.79. The Balaban J connectivity index is 1.83. The van der Waals surface area contributed by atoms with Crippen LogP contribution in [0.4, 0.5) is 11.4 Å². The van der Waals surface area contributed by atoms with Crippen molar-refractivity contribution < 1.29 is 9.53 Å². The van der Waals surface area contributed by atoms with Crippen molar-refractivity contribution in [2.75, 3.05) is 23.8 Å². The number of hydrogen-bond donors (Lipinski definition) is 2. The molecule has 0 aliphatic rings. The molecule has 0 saturated heterocycles. The van der Waals surface area contributed by atoms with Crippen molar-refractivity contribution in [2.45, 2.75) is 13.8 Å². The van der Waals surface area contributed by atoms with Crippen molar-refractivity contribution in [3.63, 3.8) is 0 Å². The van der Waals surface area contributed by atoms with Gasteiger partial charge < -0.3 is 15.4 Å². The van der Waals surface area contributed by atoms with Crippen molar-refractivity contribution in [3.05, 3.63) is 52.5 Å². The summed E-state index contributed by atoms with van der Waals surface area (Å²) in [7, 11) is 0. The van der Waals surface area contributed by atoms with Crippen molar-refractivity contribution in [1.82, 2.24) is 0 Å². The molecule has 0 radical (unpaired) electrons. The summed E-state index contributed by atoms with van der Waals surface area (Å²) in [6.45, 7) is 5.01. The van der Waals surface area contributed by atoms with Gasteiger partial charge in [0, 0.05) is 21.4 Å². The molecule has 0 heterocycles. The van der Waals surface area contributed by atoms with Crippen LogP contribution in [0.15, 0.2) is 42.5 Å². The summed E-state index contributed by atoms with van der Waals surface area (Å²) in [6.07, 6.45) is 0. The normalized spacial score (nSPS) is 10.5. The first-order valence-electron chi connectivity index (χ1n) is 7.65. The van der Waals surface area contributed by atoms with Crippen LogP contribution in [0.2, 0.25) is 10.0 Å². The van der Waals surface area contributed by atoms with Crippen molar-refractivity contribution >= 4 is 40.5 Å². The Morgan fingerprint density at radius 3 is 2.25 bits per heavy atom. The standard InChI is InChI=1S/C18H20Cl2N2O2/c1-12(2)11-24-17-5-3-15(4-6-17)21-10-18(23)22-16-8-13(19)7-14(20)9-16/h3-9,12,21H,10-11H2,1-2H3,(H,22,23). The quantitative estimate of drug-likeness (QED) is 0.718. The average Bonchev–Trinajstić information content (AvgIpc) is 2.51. The van der Waals surface area contributed by atoms with Gasteiger partial charge in [-0.1, -0.05) is 37.0 Å². The van der Waals surface area contributed by atoms with E-state index in [4.69, 9.17) is 27.9 Å². The maximum absolute atomic E-state index is 12.0. The lowest BCUT2D eigenvalue weighted by molar-refractivity contribution is -0.114. The summed E-state index contributed by atoms with van der Waals surface area (Å²) in [6, 6.07) is 12.4. The predicted octanol–water partition coefficient (Wildman–Crippen LogP) is 5.08. The summed E-state index contributed by atoms with van der Waals surface area (Å²) in [5, 5.41) is 6.74. The zero-order chi connectivity index (χ0) is 17.5. The fourth-order valence-electron chi connectivity index (χ4n) is 1.95. The molecule has 0 atom stereocenters. The van der Waals surface area contributed by atoms with E-state index in [-0.39, 0.29) is 12.5 Å². The van der Waals surface area contributed by atoms with Crippen LogP contribution < -0.4 is 15.4 Å². The number of halogens is 2. The topological polar surface area (TPSA) is 50.4 Å². The van der Waals surface area contributed by atoms with Gasteiger partial charge in [-0.3, -0.25) is 4.79 Å². The molecule has 24 heavy (non-hydrogen) atoms. The highest BCUT2D eigenvalue weighted by atomic mass is 35.5. The Labute approximate surface area is 152 Å². The van der Waals surface area contributed by atoms with Gasteiger partial charge in [0.15, 0.2) is 0 Å². The first-order chi connectivity index (χ1) is 11.4. The molecule has 0 unspecified atom stereocenters. The lowest BCUT2D eigenvalue weighted by atomic mass is 10.2. The van der Waals surface area contributed by atoms with Gasteiger partial charge in [-0.15, -0.1) is 0 Å². The second kappa shape index (κ2) is 8.81. The van der Waals surface area contributed by atoms with Crippen LogP contribution in [-0.4, -0.2) is 19.1 Å². The molecule has 2 rings (SSSR count). The van der Waals surface area contributed by atoms with E-state index in [9.17, 15) is 4.79 Å². The summed E-state index contributed by atoms with van der Waals surface area (Å²) >= 11 is 11.8. The minimum absolute atomic E-state index is 0.135. The van der Waals surface area contributed by atoms with Gasteiger partial charge in [-0.2, -0.15) is 0 Å². The SMILES string of the molecule is CC(C)COc1ccc(NCC(=O)Nc2cc(Cl)cc(Cl)c2)cc1. The van der Waals surface area contributed by atoms with Crippen molar-refractivity contribution in [2.24, 2.45) is 5.92 Å². The number of rotatable bonds is 7. The van der Waals surface area contributed by atoms with Crippen LogP contribution in [-0.2, 0) is 4.79 Å². The minimum Gasteiger partial charge on any atom is -0.493 e. The molecule has 0 aliphatic carbocycles. The molecule has 6 heteroatoms. The smallest absolute Gasteiger partial charge is 0.243 e. The molecule has 128 valence electrons. The van der Waals surface area contributed by atoms with Crippen LogP contribution in [0, 0.1) is 5.92 Å². The third-order valence-corrected chi connectivity index (χ3v) is 3.47. The Morgan fingerprint density at radius 1 is 1.04 bits per heavy atom. The molecule has 0 saturated carbocycles. The number of anilines is 2. The minimum atomic E-state index is -0.187. The van der Waals surface area contributed by atoms with Gasteiger partial charge in [-0.25, -0.2) is 0 Å². The number of carbonyl (C=O) groups is 1. The number of benzene rings is 2. The number of carbonyl (C=O) groups excluding carboxylic acids is 1. The lowest BCUT2D eigenvalue weighted by Gasteiger charge is -2.11. The molecule has 0 aromatic heterocycles. The number of hydrogen-bond acceptors (Lipinski definition) is 3. The molecule has 0 fully saturated rings. The van der Waals surface area contributed by atoms with Gasteiger partial charge >= 0.3 is 0 Å². The summed E-state index contributed by atoms with van der Waals surface area (Å²) < 4.78 is 5.62. The monoisotopic (exact) mass is 366 g/mol. The molecule has 2 aromatic carbocycles. The molecular weight excluding hydrogens is 347 g/mol. The van der Waals surface area contributed by atoms with E-state index in [2.05, 4.69) is 24.5 Å². The van der Waals surface area contributed by atoms with Gasteiger partial charge in [0.2, 0.25) is 5.91 Å². The zero-order valence-electron chi connectivity index (χ0n) is 13.6. The zero-order valence-corrected chi connectivity index (χ0v) is 15.1. The maximum Gasteiger partial charge on any atom is 0.243 e. The molecule has 1 amide bonds. The van der Waals surface area contributed by atoms with Gasteiger partial charge in [-0.05, 0) is 48.4 Å². The average molecular weight is 367 g/mol. The Hall–Kier alpha value is -1.91. The maximum atomic E-state index is 12.0. The van der Waals surface area contributed by atoms with Crippen molar-refractivity contribution in [1.29, 1.82) is 0 Å². The number of ether oxygens (including phenoxy) is 1. The van der Waals surface area contributed by atoms with Gasteiger partial charge in [0.1, 0.15) is 5.75 Å². The van der Waals surface area contributed by atoms with E-state index < -0.39 is 0 Å². The third-order valence-electron chi connectivity index (χ3n) is 3.04. The summed E-state index contributed by atoms with van der Waals surface area (Å²) in [5.74, 6) is 1.10. The summed E-state index contributed by atoms with van der Waals surface area (Å²) in [4.78, 5) is 12.0. The summed E-state index contributed by atoms with van der Waals surface area (Å²) in [5.41, 5.74) is 1.41. The highest BCUT2D eigenvalue weighted by molar-refractivity contribution is 6.35. The van der Waals surface area contributed by atoms with Crippen LogP contribution >= 0.6 is 23.2 Å². The Kier molecular flexibility index (Phi) is 6.76. The van der Waals surface area contributed by atoms with Crippen LogP contribution in [0.1, 0.15) is 13.8 Å². The number of nitrogens with one attached hydrogen (secondary N) is 2. The molecule has 4 nitrogen and oxygen atoms in total. The molecule has 2 N–H and O–H groups in total. The van der Waals surface area contributed by atoms with E-state index in [0.717, 1.165) is 11.4 Å². The fourth-order valence-corrected chi connectivity index (χ4v) is 2.47. The lowest BCUT2D eigenvalue weighted by Crippen LogP contribution is -2.21. The third kappa shape index (κ3) is 6.30. The van der Waals surface area contributed by atoms with E-state index >= 15 is 0 Å². The van der Waals surface area contributed by atoms with Crippen LogP contribution in [0.5, 0.6) is 5.75 Å². The van der Waals surface area contributed by atoms with Crippen LogP contribution in [0.25, 0.3) is 0 Å². The van der Waals surface area contributed by atoms with Gasteiger partial charge in [0.25, 0.3) is 0 Å². The fraction of sp³-hybridized carbons (Fsp3) is 0.278. The van der Waals surface area contributed by atoms with Crippen molar-refractivity contribution in [3.8, 4) is 5.75 Å². The Morgan fingerprint density at radius 2 is 1.67 bits per heavy atom. The van der Waals surface area contributed by atoms with Gasteiger partial charge in [0.05, 0.1) is 13.2 Å². The predicted molar refractivity (Wildman–Crippen MR) is 100 cm³/mol. The molecule has 2 aromatic rings.